The smallest absolute Gasteiger partial charge is 0.314 e. The van der Waals surface area contributed by atoms with Crippen molar-refractivity contribution in [1.29, 1.82) is 0 Å². The second kappa shape index (κ2) is 8.58. The minimum absolute atomic E-state index is 0.161. The van der Waals surface area contributed by atoms with Gasteiger partial charge in [-0.2, -0.15) is 10.5 Å². The van der Waals surface area contributed by atoms with Crippen LogP contribution in [0.15, 0.2) is 10.1 Å². The Bertz CT molecular complexity index is 638. The second-order valence-corrected chi connectivity index (χ2v) is 5.08. The first-order chi connectivity index (χ1) is 10.5. The minimum atomic E-state index is 0.161. The summed E-state index contributed by atoms with van der Waals surface area (Å²) in [5.41, 5.74) is 4.44. The molecular weight excluding hydrogens is 278 g/mol. The lowest BCUT2D eigenvalue weighted by atomic mass is 10.1. The standard InChI is InChI=1S/C15H21N7/c1-7-8-9-18-11(4)14(17-6)20-22-15-13(16-5)12(10(2)3)19-21-15/h10H,7-9H2,1-4H3,(H2,19,21,22)/b18-11?,20-14+. The zero-order chi connectivity index (χ0) is 16.5. The van der Waals surface area contributed by atoms with Gasteiger partial charge >= 0.3 is 5.84 Å². The van der Waals surface area contributed by atoms with Crippen LogP contribution in [-0.4, -0.2) is 28.3 Å². The van der Waals surface area contributed by atoms with Gasteiger partial charge in [0.1, 0.15) is 0 Å². The lowest BCUT2D eigenvalue weighted by molar-refractivity contribution is 0.808. The monoisotopic (exact) mass is 299 g/mol. The summed E-state index contributed by atoms with van der Waals surface area (Å²) in [6.45, 7) is 22.9. The van der Waals surface area contributed by atoms with Gasteiger partial charge in [-0.25, -0.2) is 4.85 Å². The predicted octanol–water partition coefficient (Wildman–Crippen LogP) is 3.99. The van der Waals surface area contributed by atoms with Crippen LogP contribution >= 0.6 is 0 Å². The van der Waals surface area contributed by atoms with Gasteiger partial charge in [-0.3, -0.25) is 10.1 Å². The molecule has 0 saturated carbocycles. The van der Waals surface area contributed by atoms with Gasteiger partial charge in [0.2, 0.25) is 0 Å². The van der Waals surface area contributed by atoms with Crippen molar-refractivity contribution in [2.45, 2.75) is 46.5 Å². The number of unbranched alkanes of at least 4 members (excludes halogenated alkanes) is 1. The molecule has 0 bridgehead atoms. The highest BCUT2D eigenvalue weighted by molar-refractivity contribution is 6.44. The highest BCUT2D eigenvalue weighted by Crippen LogP contribution is 2.31. The summed E-state index contributed by atoms with van der Waals surface area (Å²) in [6, 6.07) is 0. The molecule has 0 aliphatic rings. The van der Waals surface area contributed by atoms with E-state index in [0.29, 0.717) is 23.8 Å². The van der Waals surface area contributed by atoms with Gasteiger partial charge < -0.3 is 4.85 Å². The van der Waals surface area contributed by atoms with Crippen molar-refractivity contribution < 1.29 is 0 Å². The Kier molecular flexibility index (Phi) is 6.78. The molecule has 0 saturated heterocycles. The molecule has 0 aliphatic heterocycles. The molecule has 1 aromatic rings. The van der Waals surface area contributed by atoms with E-state index in [1.165, 1.54) is 0 Å². The molecule has 22 heavy (non-hydrogen) atoms. The van der Waals surface area contributed by atoms with Gasteiger partial charge in [0, 0.05) is 12.2 Å². The number of aromatic amines is 1. The van der Waals surface area contributed by atoms with E-state index < -0.39 is 0 Å². The number of anilines is 1. The van der Waals surface area contributed by atoms with Gasteiger partial charge in [-0.05, 0) is 24.4 Å². The van der Waals surface area contributed by atoms with Gasteiger partial charge in [0.05, 0.1) is 12.3 Å². The molecule has 1 aromatic heterocycles. The fraction of sp³-hybridized carbons (Fsp3) is 0.533. The fourth-order valence-electron chi connectivity index (χ4n) is 1.71. The third-order valence-corrected chi connectivity index (χ3v) is 3.01. The largest absolute Gasteiger partial charge is 0.358 e. The average molecular weight is 299 g/mol. The van der Waals surface area contributed by atoms with E-state index in [-0.39, 0.29) is 11.8 Å². The van der Waals surface area contributed by atoms with Crippen LogP contribution in [0.25, 0.3) is 9.69 Å². The molecule has 0 amide bonds. The van der Waals surface area contributed by atoms with Crippen molar-refractivity contribution in [3.05, 3.63) is 28.5 Å². The quantitative estimate of drug-likeness (QED) is 0.263. The van der Waals surface area contributed by atoms with Crippen molar-refractivity contribution in [2.75, 3.05) is 12.0 Å². The molecule has 1 heterocycles. The molecule has 0 unspecified atom stereocenters. The van der Waals surface area contributed by atoms with Crippen molar-refractivity contribution >= 4 is 23.1 Å². The maximum atomic E-state index is 7.25. The van der Waals surface area contributed by atoms with Crippen LogP contribution < -0.4 is 5.43 Å². The topological polar surface area (TPSA) is 74.2 Å². The number of rotatable bonds is 7. The Hall–Kier alpha value is -2.67. The number of amidine groups is 1. The number of hydrazone groups is 1. The van der Waals surface area contributed by atoms with Crippen LogP contribution in [0.2, 0.25) is 0 Å². The molecule has 0 aromatic carbocycles. The second-order valence-electron chi connectivity index (χ2n) is 5.08. The number of nitrogens with zero attached hydrogens (tertiary/aromatic N) is 5. The summed E-state index contributed by atoms with van der Waals surface area (Å²) in [7, 11) is 0. The number of H-pyrrole nitrogens is 1. The van der Waals surface area contributed by atoms with Gasteiger partial charge in [0.15, 0.2) is 5.82 Å². The van der Waals surface area contributed by atoms with Crippen molar-refractivity contribution in [3.63, 3.8) is 0 Å². The lowest BCUT2D eigenvalue weighted by Gasteiger charge is -2.00. The van der Waals surface area contributed by atoms with Crippen LogP contribution in [0.1, 0.15) is 52.1 Å². The number of nitrogens with one attached hydrogen (secondary N) is 2. The van der Waals surface area contributed by atoms with Gasteiger partial charge in [-0.1, -0.05) is 33.8 Å². The normalized spacial score (nSPS) is 12.1. The van der Waals surface area contributed by atoms with E-state index in [4.69, 9.17) is 13.1 Å². The van der Waals surface area contributed by atoms with Crippen LogP contribution in [-0.2, 0) is 0 Å². The third kappa shape index (κ3) is 4.42. The molecule has 0 aliphatic carbocycles. The Morgan fingerprint density at radius 1 is 1.41 bits per heavy atom. The van der Waals surface area contributed by atoms with Crippen molar-refractivity contribution in [1.82, 2.24) is 10.2 Å². The number of aromatic nitrogens is 2. The zero-order valence-electron chi connectivity index (χ0n) is 13.4. The summed E-state index contributed by atoms with van der Waals surface area (Å²) in [5, 5.41) is 10.9. The van der Waals surface area contributed by atoms with E-state index in [0.717, 1.165) is 18.5 Å². The highest BCUT2D eigenvalue weighted by atomic mass is 15.4. The van der Waals surface area contributed by atoms with E-state index in [1.807, 2.05) is 13.8 Å². The maximum absolute atomic E-state index is 7.25. The van der Waals surface area contributed by atoms with Crippen LogP contribution in [0.5, 0.6) is 0 Å². The number of hydrogen-bond donors (Lipinski definition) is 2. The molecule has 116 valence electrons. The van der Waals surface area contributed by atoms with Crippen LogP contribution in [0.3, 0.4) is 0 Å². The maximum Gasteiger partial charge on any atom is 0.314 e. The SMILES string of the molecule is [C-]#[N+]/C(=N/Nc1n[nH]c(C(C)C)c1[N+]#[C-])C(C)=NCCCC. The Morgan fingerprint density at radius 2 is 2.14 bits per heavy atom. The molecule has 7 nitrogen and oxygen atoms in total. The highest BCUT2D eigenvalue weighted by Gasteiger charge is 2.17. The Morgan fingerprint density at radius 3 is 2.68 bits per heavy atom. The Labute approximate surface area is 131 Å². The Balaban J connectivity index is 2.93. The van der Waals surface area contributed by atoms with Gasteiger partial charge in [0.25, 0.3) is 5.69 Å². The molecule has 1 rings (SSSR count). The van der Waals surface area contributed by atoms with E-state index in [2.05, 4.69) is 42.3 Å². The number of aliphatic imine (C=N–C) groups is 1. The summed E-state index contributed by atoms with van der Waals surface area (Å²) in [5.74, 6) is 0.677. The third-order valence-electron chi connectivity index (χ3n) is 3.01. The molecule has 7 heteroatoms. The summed E-state index contributed by atoms with van der Waals surface area (Å²) in [6.07, 6.45) is 2.04. The molecule has 0 radical (unpaired) electrons. The zero-order valence-corrected chi connectivity index (χ0v) is 13.4. The van der Waals surface area contributed by atoms with E-state index in [1.54, 1.807) is 6.92 Å². The molecule has 0 atom stereocenters. The van der Waals surface area contributed by atoms with Gasteiger partial charge in [-0.15, -0.1) is 0 Å². The molecule has 2 N–H and O–H groups in total. The van der Waals surface area contributed by atoms with E-state index in [9.17, 15) is 0 Å². The first-order valence-electron chi connectivity index (χ1n) is 7.23. The minimum Gasteiger partial charge on any atom is -0.358 e. The molecule has 0 spiro atoms. The molecular formula is C15H21N7. The summed E-state index contributed by atoms with van der Waals surface area (Å²) >= 11 is 0. The first-order valence-corrected chi connectivity index (χ1v) is 7.23. The number of hydrogen-bond acceptors (Lipinski definition) is 4. The predicted molar refractivity (Wildman–Crippen MR) is 89.5 cm³/mol. The van der Waals surface area contributed by atoms with Crippen LogP contribution in [0, 0.1) is 13.1 Å². The summed E-state index contributed by atoms with van der Waals surface area (Å²) in [4.78, 5) is 11.2. The first kappa shape index (κ1) is 17.4. The lowest BCUT2D eigenvalue weighted by Crippen LogP contribution is -2.09. The van der Waals surface area contributed by atoms with E-state index >= 15 is 0 Å². The molecule has 0 fully saturated rings. The van der Waals surface area contributed by atoms with Crippen molar-refractivity contribution in [3.8, 4) is 0 Å². The summed E-state index contributed by atoms with van der Waals surface area (Å²) < 4.78 is 0. The van der Waals surface area contributed by atoms with Crippen molar-refractivity contribution in [2.24, 2.45) is 10.1 Å². The average Bonchev–Trinajstić information content (AvgIpc) is 2.91. The fourth-order valence-corrected chi connectivity index (χ4v) is 1.71. The van der Waals surface area contributed by atoms with Crippen LogP contribution in [0.4, 0.5) is 11.5 Å².